The maximum Gasteiger partial charge on any atom is 0.0211 e. The van der Waals surface area contributed by atoms with E-state index in [-0.39, 0.29) is 0 Å². The normalized spacial score (nSPS) is 31.1. The Morgan fingerprint density at radius 2 is 2.09 bits per heavy atom. The van der Waals surface area contributed by atoms with Gasteiger partial charge in [0.25, 0.3) is 0 Å². The fraction of sp³-hybridized carbons (Fsp3) is 1.00. The minimum atomic E-state index is 0.588. The molecule has 0 saturated carbocycles. The Morgan fingerprint density at radius 3 is 2.55 bits per heavy atom. The van der Waals surface area contributed by atoms with Gasteiger partial charge in [-0.15, -0.1) is 0 Å². The van der Waals surface area contributed by atoms with Crippen molar-refractivity contribution in [1.29, 1.82) is 0 Å². The van der Waals surface area contributed by atoms with E-state index in [1.54, 1.807) is 0 Å². The predicted octanol–water partition coefficient (Wildman–Crippen LogP) is -0.112. The molecule has 2 rings (SSSR count). The van der Waals surface area contributed by atoms with Crippen LogP contribution in [0.2, 0.25) is 0 Å². The molecule has 0 aromatic heterocycles. The van der Waals surface area contributed by atoms with Crippen LogP contribution < -0.4 is 5.84 Å². The van der Waals surface area contributed by atoms with Crippen LogP contribution in [0.5, 0.6) is 0 Å². The van der Waals surface area contributed by atoms with Gasteiger partial charge >= 0.3 is 0 Å². The predicted molar refractivity (Wildman–Crippen MR) is 44.9 cm³/mol. The molecule has 0 aromatic carbocycles. The molecule has 2 N–H and O–H groups in total. The van der Waals surface area contributed by atoms with Crippen molar-refractivity contribution in [3.63, 3.8) is 0 Å². The van der Waals surface area contributed by atoms with Gasteiger partial charge in [-0.25, -0.2) is 5.01 Å². The minimum Gasteiger partial charge on any atom is -0.303 e. The molecule has 0 aliphatic carbocycles. The van der Waals surface area contributed by atoms with E-state index in [0.29, 0.717) is 5.41 Å². The summed E-state index contributed by atoms with van der Waals surface area (Å²) in [6.45, 7) is 8.22. The van der Waals surface area contributed by atoms with Crippen molar-refractivity contribution in [2.75, 3.05) is 32.7 Å². The lowest BCUT2D eigenvalue weighted by Crippen LogP contribution is -2.60. The van der Waals surface area contributed by atoms with Gasteiger partial charge in [-0.1, -0.05) is 6.92 Å². The second-order valence-electron chi connectivity index (χ2n) is 4.02. The average Bonchev–Trinajstić information content (AvgIpc) is 2.31. The first-order chi connectivity index (χ1) is 5.24. The summed E-state index contributed by atoms with van der Waals surface area (Å²) in [7, 11) is 0. The first-order valence-electron chi connectivity index (χ1n) is 4.46. The van der Waals surface area contributed by atoms with Crippen molar-refractivity contribution >= 4 is 0 Å². The zero-order chi connectivity index (χ0) is 7.90. The summed E-state index contributed by atoms with van der Waals surface area (Å²) < 4.78 is 0. The van der Waals surface area contributed by atoms with Crippen LogP contribution in [0.15, 0.2) is 0 Å². The van der Waals surface area contributed by atoms with Crippen molar-refractivity contribution in [3.05, 3.63) is 0 Å². The highest BCUT2D eigenvalue weighted by atomic mass is 15.5. The molecule has 2 aliphatic rings. The van der Waals surface area contributed by atoms with E-state index in [0.717, 1.165) is 13.1 Å². The zero-order valence-corrected chi connectivity index (χ0v) is 7.21. The molecule has 0 bridgehead atoms. The monoisotopic (exact) mass is 155 g/mol. The van der Waals surface area contributed by atoms with Crippen LogP contribution in [0.1, 0.15) is 13.3 Å². The molecule has 3 heteroatoms. The maximum absolute atomic E-state index is 5.63. The highest BCUT2D eigenvalue weighted by Crippen LogP contribution is 2.37. The van der Waals surface area contributed by atoms with Crippen LogP contribution in [-0.2, 0) is 0 Å². The summed E-state index contributed by atoms with van der Waals surface area (Å²) >= 11 is 0. The van der Waals surface area contributed by atoms with E-state index in [2.05, 4.69) is 11.8 Å². The van der Waals surface area contributed by atoms with E-state index in [1.165, 1.54) is 26.1 Å². The third-order valence-electron chi connectivity index (χ3n) is 3.04. The second-order valence-corrected chi connectivity index (χ2v) is 4.02. The Kier molecular flexibility index (Phi) is 1.67. The smallest absolute Gasteiger partial charge is 0.0211 e. The number of hydrogen-bond acceptors (Lipinski definition) is 3. The molecule has 2 aliphatic heterocycles. The molecule has 11 heavy (non-hydrogen) atoms. The first kappa shape index (κ1) is 7.53. The van der Waals surface area contributed by atoms with E-state index in [9.17, 15) is 0 Å². The van der Waals surface area contributed by atoms with Gasteiger partial charge in [0.15, 0.2) is 0 Å². The summed E-state index contributed by atoms with van der Waals surface area (Å²) in [4.78, 5) is 2.52. The zero-order valence-electron chi connectivity index (χ0n) is 7.21. The van der Waals surface area contributed by atoms with Crippen molar-refractivity contribution < 1.29 is 0 Å². The minimum absolute atomic E-state index is 0.588. The number of hydrogen-bond donors (Lipinski definition) is 1. The molecule has 2 heterocycles. The highest BCUT2D eigenvalue weighted by Gasteiger charge is 2.45. The van der Waals surface area contributed by atoms with Gasteiger partial charge in [-0.2, -0.15) is 0 Å². The van der Waals surface area contributed by atoms with Crippen molar-refractivity contribution in [3.8, 4) is 0 Å². The summed E-state index contributed by atoms with van der Waals surface area (Å²) in [6, 6.07) is 0. The Labute approximate surface area is 68.1 Å². The largest absolute Gasteiger partial charge is 0.303 e. The fourth-order valence-corrected chi connectivity index (χ4v) is 2.37. The van der Waals surface area contributed by atoms with Gasteiger partial charge in [-0.3, -0.25) is 5.84 Å². The number of nitrogens with zero attached hydrogens (tertiary/aromatic N) is 2. The first-order valence-corrected chi connectivity index (χ1v) is 4.46. The average molecular weight is 155 g/mol. The molecule has 64 valence electrons. The van der Waals surface area contributed by atoms with Crippen molar-refractivity contribution in [1.82, 2.24) is 9.91 Å². The molecular weight excluding hydrogens is 138 g/mol. The number of hydrazine groups is 1. The van der Waals surface area contributed by atoms with Crippen LogP contribution in [0, 0.1) is 5.41 Å². The van der Waals surface area contributed by atoms with E-state index < -0.39 is 0 Å². The lowest BCUT2D eigenvalue weighted by atomic mass is 9.80. The van der Waals surface area contributed by atoms with Crippen molar-refractivity contribution in [2.45, 2.75) is 13.3 Å². The lowest BCUT2D eigenvalue weighted by molar-refractivity contribution is 0.00845. The molecule has 3 nitrogen and oxygen atoms in total. The highest BCUT2D eigenvalue weighted by molar-refractivity contribution is 4.99. The van der Waals surface area contributed by atoms with E-state index in [4.69, 9.17) is 5.84 Å². The Morgan fingerprint density at radius 1 is 1.36 bits per heavy atom. The summed E-state index contributed by atoms with van der Waals surface area (Å²) in [5.74, 6) is 5.63. The van der Waals surface area contributed by atoms with Gasteiger partial charge in [0.05, 0.1) is 0 Å². The molecule has 0 aromatic rings. The van der Waals surface area contributed by atoms with Crippen LogP contribution >= 0.6 is 0 Å². The van der Waals surface area contributed by atoms with E-state index in [1.807, 2.05) is 5.01 Å². The fourth-order valence-electron chi connectivity index (χ4n) is 2.37. The number of likely N-dealkylation sites (tertiary alicyclic amines) is 1. The van der Waals surface area contributed by atoms with Gasteiger partial charge in [0, 0.05) is 25.0 Å². The van der Waals surface area contributed by atoms with Crippen molar-refractivity contribution in [2.24, 2.45) is 11.3 Å². The van der Waals surface area contributed by atoms with Crippen LogP contribution in [0.3, 0.4) is 0 Å². The topological polar surface area (TPSA) is 32.5 Å². The molecule has 0 atom stereocenters. The van der Waals surface area contributed by atoms with Gasteiger partial charge < -0.3 is 4.90 Å². The third-order valence-corrected chi connectivity index (χ3v) is 3.04. The summed E-state index contributed by atoms with van der Waals surface area (Å²) in [5.41, 5.74) is 0.588. The molecule has 2 saturated heterocycles. The Balaban J connectivity index is 1.89. The van der Waals surface area contributed by atoms with Gasteiger partial charge in [-0.05, 0) is 19.5 Å². The number of nitrogens with two attached hydrogens (primary N) is 1. The standard InChI is InChI=1S/C8H17N3/c1-2-10-4-3-8(5-10)6-11(9)7-8/h2-7,9H2,1H3. The molecule has 0 amide bonds. The lowest BCUT2D eigenvalue weighted by Gasteiger charge is -2.45. The molecule has 2 fully saturated rings. The Hall–Kier alpha value is -0.120. The van der Waals surface area contributed by atoms with Gasteiger partial charge in [0.2, 0.25) is 0 Å². The maximum atomic E-state index is 5.63. The quantitative estimate of drug-likeness (QED) is 0.536. The Bertz CT molecular complexity index is 151. The SMILES string of the molecule is CCN1CCC2(CN(N)C2)C1. The molecule has 1 spiro atoms. The van der Waals surface area contributed by atoms with Crippen LogP contribution in [0.25, 0.3) is 0 Å². The molecule has 0 radical (unpaired) electrons. The number of rotatable bonds is 1. The van der Waals surface area contributed by atoms with Crippen LogP contribution in [0.4, 0.5) is 0 Å². The van der Waals surface area contributed by atoms with Crippen LogP contribution in [-0.4, -0.2) is 42.6 Å². The van der Waals surface area contributed by atoms with Gasteiger partial charge in [0.1, 0.15) is 0 Å². The second kappa shape index (κ2) is 2.44. The third kappa shape index (κ3) is 1.17. The summed E-state index contributed by atoms with van der Waals surface area (Å²) in [6.07, 6.45) is 1.36. The van der Waals surface area contributed by atoms with E-state index >= 15 is 0 Å². The molecule has 0 unspecified atom stereocenters. The summed E-state index contributed by atoms with van der Waals surface area (Å²) in [5, 5.41) is 1.93. The molecular formula is C8H17N3.